The fourth-order valence-electron chi connectivity index (χ4n) is 3.20. The molecule has 2 unspecified atom stereocenters. The molecule has 1 aliphatic heterocycles. The second-order valence-electron chi connectivity index (χ2n) is 5.76. The van der Waals surface area contributed by atoms with Gasteiger partial charge in [-0.05, 0) is 38.3 Å². The molecule has 1 aromatic heterocycles. The average Bonchev–Trinajstić information content (AvgIpc) is 2.77. The van der Waals surface area contributed by atoms with Crippen LogP contribution in [0.1, 0.15) is 32.4 Å². The van der Waals surface area contributed by atoms with Gasteiger partial charge < -0.3 is 5.32 Å². The smallest absolute Gasteiger partial charge is 0.0718 e. The lowest BCUT2D eigenvalue weighted by Crippen LogP contribution is -2.38. The van der Waals surface area contributed by atoms with E-state index < -0.39 is 0 Å². The number of rotatable bonds is 3. The first-order valence-electron chi connectivity index (χ1n) is 7.45. The van der Waals surface area contributed by atoms with E-state index in [4.69, 9.17) is 5.10 Å². The number of nitrogens with one attached hydrogen (secondary N) is 1. The number of benzene rings is 1. The lowest BCUT2D eigenvalue weighted by Gasteiger charge is -2.27. The van der Waals surface area contributed by atoms with E-state index in [0.717, 1.165) is 25.4 Å². The van der Waals surface area contributed by atoms with E-state index in [1.54, 1.807) is 0 Å². The molecule has 19 heavy (non-hydrogen) atoms. The van der Waals surface area contributed by atoms with Crippen molar-refractivity contribution in [3.63, 3.8) is 0 Å². The Morgan fingerprint density at radius 3 is 3.00 bits per heavy atom. The molecule has 3 nitrogen and oxygen atoms in total. The van der Waals surface area contributed by atoms with E-state index >= 15 is 0 Å². The summed E-state index contributed by atoms with van der Waals surface area (Å²) < 4.78 is 2.12. The largest absolute Gasteiger partial charge is 0.314 e. The van der Waals surface area contributed by atoms with Crippen molar-refractivity contribution >= 4 is 10.9 Å². The summed E-state index contributed by atoms with van der Waals surface area (Å²) in [6.45, 7) is 6.61. The summed E-state index contributed by atoms with van der Waals surface area (Å²) in [5, 5.41) is 9.77. The summed E-state index contributed by atoms with van der Waals surface area (Å²) in [5.74, 6) is 0.839. The van der Waals surface area contributed by atoms with Crippen LogP contribution < -0.4 is 5.32 Å². The molecule has 1 N–H and O–H groups in total. The van der Waals surface area contributed by atoms with Crippen LogP contribution in [0.25, 0.3) is 10.9 Å². The highest BCUT2D eigenvalue weighted by molar-refractivity contribution is 5.82. The monoisotopic (exact) mass is 257 g/mol. The summed E-state index contributed by atoms with van der Waals surface area (Å²) >= 11 is 0. The lowest BCUT2D eigenvalue weighted by atomic mass is 9.91. The van der Waals surface area contributed by atoms with Crippen LogP contribution in [0.15, 0.2) is 24.3 Å². The number of fused-ring (bicyclic) bond motifs is 1. The van der Waals surface area contributed by atoms with Crippen LogP contribution in [0.4, 0.5) is 0 Å². The Morgan fingerprint density at radius 1 is 1.37 bits per heavy atom. The zero-order chi connectivity index (χ0) is 13.2. The third-order valence-corrected chi connectivity index (χ3v) is 4.23. The van der Waals surface area contributed by atoms with Gasteiger partial charge in [0.25, 0.3) is 0 Å². The molecule has 1 fully saturated rings. The van der Waals surface area contributed by atoms with Gasteiger partial charge in [-0.25, -0.2) is 0 Å². The third-order valence-electron chi connectivity index (χ3n) is 4.23. The molecule has 1 aliphatic rings. The van der Waals surface area contributed by atoms with E-state index in [9.17, 15) is 0 Å². The van der Waals surface area contributed by atoms with Crippen molar-refractivity contribution in [1.82, 2.24) is 15.1 Å². The number of hydrogen-bond acceptors (Lipinski definition) is 2. The van der Waals surface area contributed by atoms with Crippen molar-refractivity contribution in [2.75, 3.05) is 6.54 Å². The molecule has 3 heteroatoms. The van der Waals surface area contributed by atoms with Crippen LogP contribution in [-0.2, 0) is 13.0 Å². The molecule has 2 aromatic rings. The van der Waals surface area contributed by atoms with E-state index in [0.29, 0.717) is 6.04 Å². The zero-order valence-electron chi connectivity index (χ0n) is 11.9. The highest BCUT2D eigenvalue weighted by Crippen LogP contribution is 2.23. The Hall–Kier alpha value is -1.35. The highest BCUT2D eigenvalue weighted by atomic mass is 15.3. The Balaban J connectivity index is 1.88. The standard InChI is InChI=1S/C16H23N3/c1-3-19-16-7-5-4-6-14(16)15(18-19)11-13-10-12(2)8-9-17-13/h4-7,12-13,17H,3,8-11H2,1-2H3. The number of hydrogen-bond donors (Lipinski definition) is 1. The molecule has 0 bridgehead atoms. The Labute approximate surface area is 115 Å². The number of aromatic nitrogens is 2. The summed E-state index contributed by atoms with van der Waals surface area (Å²) in [7, 11) is 0. The van der Waals surface area contributed by atoms with E-state index in [2.05, 4.69) is 48.1 Å². The molecule has 1 saturated heterocycles. The van der Waals surface area contributed by atoms with E-state index in [1.807, 2.05) is 0 Å². The molecular formula is C16H23N3. The SMILES string of the molecule is CCn1nc(CC2CC(C)CCN2)c2ccccc21. The van der Waals surface area contributed by atoms with E-state index in [-0.39, 0.29) is 0 Å². The lowest BCUT2D eigenvalue weighted by molar-refractivity contribution is 0.317. The Bertz CT molecular complexity index is 558. The summed E-state index contributed by atoms with van der Waals surface area (Å²) in [4.78, 5) is 0. The van der Waals surface area contributed by atoms with E-state index in [1.165, 1.54) is 29.4 Å². The van der Waals surface area contributed by atoms with Gasteiger partial charge in [0.1, 0.15) is 0 Å². The number of nitrogens with zero attached hydrogens (tertiary/aromatic N) is 2. The number of para-hydroxylation sites is 1. The van der Waals surface area contributed by atoms with Crippen molar-refractivity contribution < 1.29 is 0 Å². The predicted octanol–water partition coefficient (Wildman–Crippen LogP) is 2.99. The maximum absolute atomic E-state index is 4.80. The molecule has 2 atom stereocenters. The minimum atomic E-state index is 0.590. The van der Waals surface area contributed by atoms with Crippen LogP contribution in [0.3, 0.4) is 0 Å². The van der Waals surface area contributed by atoms with Gasteiger partial charge >= 0.3 is 0 Å². The predicted molar refractivity (Wildman–Crippen MR) is 79.3 cm³/mol. The minimum Gasteiger partial charge on any atom is -0.314 e. The van der Waals surface area contributed by atoms with Crippen LogP contribution >= 0.6 is 0 Å². The average molecular weight is 257 g/mol. The first-order valence-corrected chi connectivity index (χ1v) is 7.45. The van der Waals surface area contributed by atoms with Gasteiger partial charge in [-0.15, -0.1) is 0 Å². The zero-order valence-corrected chi connectivity index (χ0v) is 11.9. The van der Waals surface area contributed by atoms with Crippen molar-refractivity contribution in [3.05, 3.63) is 30.0 Å². The molecular weight excluding hydrogens is 234 g/mol. The first kappa shape index (κ1) is 12.7. The van der Waals surface area contributed by atoms with Crippen molar-refractivity contribution in [2.45, 2.75) is 45.7 Å². The summed E-state index contributed by atoms with van der Waals surface area (Å²) in [6, 6.07) is 9.18. The van der Waals surface area contributed by atoms with Gasteiger partial charge in [-0.1, -0.05) is 25.1 Å². The molecule has 0 radical (unpaired) electrons. The summed E-state index contributed by atoms with van der Waals surface area (Å²) in [6.07, 6.45) is 3.63. The molecule has 0 saturated carbocycles. The quantitative estimate of drug-likeness (QED) is 0.916. The molecule has 102 valence electrons. The van der Waals surface area contributed by atoms with Gasteiger partial charge in [0.2, 0.25) is 0 Å². The van der Waals surface area contributed by atoms with Crippen molar-refractivity contribution in [3.8, 4) is 0 Å². The van der Waals surface area contributed by atoms with Gasteiger partial charge in [-0.3, -0.25) is 4.68 Å². The first-order chi connectivity index (χ1) is 9.28. The van der Waals surface area contributed by atoms with Gasteiger partial charge in [0, 0.05) is 24.4 Å². The van der Waals surface area contributed by atoms with Gasteiger partial charge in [0.05, 0.1) is 11.2 Å². The molecule has 0 amide bonds. The highest BCUT2D eigenvalue weighted by Gasteiger charge is 2.20. The maximum atomic E-state index is 4.80. The molecule has 0 spiro atoms. The molecule has 1 aromatic carbocycles. The fourth-order valence-corrected chi connectivity index (χ4v) is 3.20. The fraction of sp³-hybridized carbons (Fsp3) is 0.562. The Kier molecular flexibility index (Phi) is 3.56. The summed E-state index contributed by atoms with van der Waals surface area (Å²) in [5.41, 5.74) is 2.52. The van der Waals surface area contributed by atoms with Crippen molar-refractivity contribution in [1.29, 1.82) is 0 Å². The molecule has 3 rings (SSSR count). The van der Waals surface area contributed by atoms with Crippen molar-refractivity contribution in [2.24, 2.45) is 5.92 Å². The third kappa shape index (κ3) is 2.52. The van der Waals surface area contributed by atoms with Crippen LogP contribution in [0, 0.1) is 5.92 Å². The minimum absolute atomic E-state index is 0.590. The van der Waals surface area contributed by atoms with Crippen LogP contribution in [0.2, 0.25) is 0 Å². The van der Waals surface area contributed by atoms with Crippen LogP contribution in [-0.4, -0.2) is 22.4 Å². The second-order valence-corrected chi connectivity index (χ2v) is 5.76. The molecule has 2 heterocycles. The maximum Gasteiger partial charge on any atom is 0.0718 e. The van der Waals surface area contributed by atoms with Crippen LogP contribution in [0.5, 0.6) is 0 Å². The molecule has 0 aliphatic carbocycles. The topological polar surface area (TPSA) is 29.9 Å². The Morgan fingerprint density at radius 2 is 2.21 bits per heavy atom. The number of aryl methyl sites for hydroxylation is 1. The second kappa shape index (κ2) is 5.33. The van der Waals surface area contributed by atoms with Gasteiger partial charge in [0.15, 0.2) is 0 Å². The number of piperidine rings is 1. The van der Waals surface area contributed by atoms with Gasteiger partial charge in [-0.2, -0.15) is 5.10 Å². The normalized spacial score (nSPS) is 23.9.